The highest BCUT2D eigenvalue weighted by Crippen LogP contribution is 2.30. The highest BCUT2D eigenvalue weighted by Gasteiger charge is 2.14. The van der Waals surface area contributed by atoms with Crippen molar-refractivity contribution in [3.05, 3.63) is 81.8 Å². The van der Waals surface area contributed by atoms with E-state index < -0.39 is 0 Å². The molecule has 0 aliphatic carbocycles. The molecule has 8 nitrogen and oxygen atoms in total. The van der Waals surface area contributed by atoms with Crippen LogP contribution in [0.5, 0.6) is 11.5 Å². The molecule has 0 spiro atoms. The third-order valence-corrected chi connectivity index (χ3v) is 6.83. The van der Waals surface area contributed by atoms with E-state index in [1.807, 2.05) is 48.0 Å². The zero-order valence-electron chi connectivity index (χ0n) is 22.0. The number of benzene rings is 3. The van der Waals surface area contributed by atoms with E-state index in [0.29, 0.717) is 24.1 Å². The molecule has 0 saturated heterocycles. The van der Waals surface area contributed by atoms with Gasteiger partial charge in [-0.3, -0.25) is 0 Å². The molecule has 0 atom stereocenters. The standard InChI is InChI=1S/C29H29BrN6O2/c1-29(2,3)20-9-6-18(7-10-20)17-38-24-13-8-19(14-25(24)37-5)16-31-34-28-32-27-26(33-35-28)22-15-21(30)11-12-23(22)36(27)4/h6-16H,17H2,1-5H3,(H,32,34,35)/b31-16+. The lowest BCUT2D eigenvalue weighted by molar-refractivity contribution is 0.284. The molecule has 0 saturated carbocycles. The van der Waals surface area contributed by atoms with Crippen LogP contribution in [-0.4, -0.2) is 33.1 Å². The van der Waals surface area contributed by atoms with Gasteiger partial charge in [0.1, 0.15) is 12.1 Å². The highest BCUT2D eigenvalue weighted by atomic mass is 79.9. The van der Waals surface area contributed by atoms with E-state index >= 15 is 0 Å². The van der Waals surface area contributed by atoms with E-state index in [1.54, 1.807) is 13.3 Å². The van der Waals surface area contributed by atoms with E-state index in [9.17, 15) is 0 Å². The maximum absolute atomic E-state index is 6.03. The number of halogens is 1. The summed E-state index contributed by atoms with van der Waals surface area (Å²) >= 11 is 3.51. The Hall–Kier alpha value is -3.98. The second-order valence-electron chi connectivity index (χ2n) is 10.0. The minimum Gasteiger partial charge on any atom is -0.493 e. The molecule has 0 aliphatic rings. The Morgan fingerprint density at radius 3 is 2.53 bits per heavy atom. The Balaban J connectivity index is 1.26. The van der Waals surface area contributed by atoms with Gasteiger partial charge in [-0.15, -0.1) is 10.2 Å². The second-order valence-corrected chi connectivity index (χ2v) is 11.0. The Kier molecular flexibility index (Phi) is 7.03. The predicted molar refractivity (Wildman–Crippen MR) is 155 cm³/mol. The van der Waals surface area contributed by atoms with Gasteiger partial charge in [0.2, 0.25) is 0 Å². The quantitative estimate of drug-likeness (QED) is 0.174. The smallest absolute Gasteiger partial charge is 0.265 e. The molecule has 5 rings (SSSR count). The molecule has 0 fully saturated rings. The summed E-state index contributed by atoms with van der Waals surface area (Å²) < 4.78 is 14.6. The van der Waals surface area contributed by atoms with Crippen LogP contribution >= 0.6 is 15.9 Å². The van der Waals surface area contributed by atoms with Crippen LogP contribution in [0.15, 0.2) is 70.2 Å². The van der Waals surface area contributed by atoms with Gasteiger partial charge in [0.25, 0.3) is 5.95 Å². The third kappa shape index (κ3) is 5.33. The van der Waals surface area contributed by atoms with Crippen LogP contribution in [0.3, 0.4) is 0 Å². The summed E-state index contributed by atoms with van der Waals surface area (Å²) in [7, 11) is 3.58. The summed E-state index contributed by atoms with van der Waals surface area (Å²) in [4.78, 5) is 4.60. The molecule has 194 valence electrons. The molecule has 0 radical (unpaired) electrons. The number of fused-ring (bicyclic) bond motifs is 3. The van der Waals surface area contributed by atoms with Gasteiger partial charge in [0.15, 0.2) is 17.1 Å². The van der Waals surface area contributed by atoms with Crippen molar-refractivity contribution in [2.45, 2.75) is 32.8 Å². The zero-order chi connectivity index (χ0) is 26.9. The average molecular weight is 573 g/mol. The van der Waals surface area contributed by atoms with Gasteiger partial charge in [-0.2, -0.15) is 10.1 Å². The Morgan fingerprint density at radius 1 is 1.00 bits per heavy atom. The number of hydrogen-bond donors (Lipinski definition) is 1. The predicted octanol–water partition coefficient (Wildman–Crippen LogP) is 6.61. The summed E-state index contributed by atoms with van der Waals surface area (Å²) in [5.74, 6) is 1.60. The van der Waals surface area contributed by atoms with Gasteiger partial charge in [-0.05, 0) is 58.5 Å². The molecule has 0 unspecified atom stereocenters. The first-order chi connectivity index (χ1) is 18.2. The molecule has 1 N–H and O–H groups in total. The number of nitrogens with one attached hydrogen (secondary N) is 1. The Labute approximate surface area is 229 Å². The first kappa shape index (κ1) is 25.7. The largest absolute Gasteiger partial charge is 0.493 e. The lowest BCUT2D eigenvalue weighted by atomic mass is 9.87. The molecule has 0 aliphatic heterocycles. The van der Waals surface area contributed by atoms with Crippen molar-refractivity contribution in [1.29, 1.82) is 0 Å². The van der Waals surface area contributed by atoms with E-state index in [2.05, 4.69) is 86.7 Å². The summed E-state index contributed by atoms with van der Waals surface area (Å²) in [6, 6.07) is 20.2. The van der Waals surface area contributed by atoms with Gasteiger partial charge in [0.05, 0.1) is 18.8 Å². The highest BCUT2D eigenvalue weighted by molar-refractivity contribution is 9.10. The van der Waals surface area contributed by atoms with Crippen molar-refractivity contribution in [2.24, 2.45) is 12.1 Å². The zero-order valence-corrected chi connectivity index (χ0v) is 23.6. The second kappa shape index (κ2) is 10.4. The van der Waals surface area contributed by atoms with Crippen LogP contribution in [0, 0.1) is 0 Å². The molecule has 2 aromatic heterocycles. The minimum absolute atomic E-state index is 0.123. The van der Waals surface area contributed by atoms with Crippen LogP contribution in [0.25, 0.3) is 22.1 Å². The fourth-order valence-electron chi connectivity index (χ4n) is 4.19. The van der Waals surface area contributed by atoms with Gasteiger partial charge in [-0.25, -0.2) is 5.43 Å². The van der Waals surface area contributed by atoms with Gasteiger partial charge in [-0.1, -0.05) is 61.0 Å². The monoisotopic (exact) mass is 572 g/mol. The van der Waals surface area contributed by atoms with Crippen LogP contribution in [0.4, 0.5) is 5.95 Å². The van der Waals surface area contributed by atoms with E-state index in [0.717, 1.165) is 37.7 Å². The van der Waals surface area contributed by atoms with Crippen molar-refractivity contribution in [3.8, 4) is 11.5 Å². The number of anilines is 1. The van der Waals surface area contributed by atoms with Gasteiger partial charge >= 0.3 is 0 Å². The number of ether oxygens (including phenoxy) is 2. The summed E-state index contributed by atoms with van der Waals surface area (Å²) in [5, 5.41) is 13.8. The van der Waals surface area contributed by atoms with Crippen molar-refractivity contribution in [2.75, 3.05) is 12.5 Å². The molecular formula is C29H29BrN6O2. The molecule has 2 heterocycles. The number of nitrogens with zero attached hydrogens (tertiary/aromatic N) is 5. The van der Waals surface area contributed by atoms with Crippen LogP contribution in [-0.2, 0) is 19.1 Å². The first-order valence-corrected chi connectivity index (χ1v) is 13.0. The molecule has 0 amide bonds. The number of hydrazone groups is 1. The number of methoxy groups -OCH3 is 1. The SMILES string of the molecule is COc1cc(/C=N/Nc2nnc3c4cc(Br)ccc4n(C)c3n2)ccc1OCc1ccc(C(C)(C)C)cc1. The molecule has 3 aromatic carbocycles. The normalized spacial score (nSPS) is 11.9. The van der Waals surface area contributed by atoms with E-state index in [4.69, 9.17) is 9.47 Å². The summed E-state index contributed by atoms with van der Waals surface area (Å²) in [6.45, 7) is 7.07. The number of aryl methyl sites for hydroxylation is 1. The lowest BCUT2D eigenvalue weighted by Crippen LogP contribution is -2.10. The first-order valence-electron chi connectivity index (χ1n) is 12.2. The Bertz CT molecular complexity index is 1640. The summed E-state index contributed by atoms with van der Waals surface area (Å²) in [6.07, 6.45) is 1.67. The minimum atomic E-state index is 0.123. The van der Waals surface area contributed by atoms with Gasteiger partial charge in [0, 0.05) is 16.9 Å². The van der Waals surface area contributed by atoms with Crippen molar-refractivity contribution in [3.63, 3.8) is 0 Å². The molecule has 9 heteroatoms. The molecule has 5 aromatic rings. The third-order valence-electron chi connectivity index (χ3n) is 6.34. The van der Waals surface area contributed by atoms with Crippen molar-refractivity contribution < 1.29 is 9.47 Å². The van der Waals surface area contributed by atoms with Crippen molar-refractivity contribution >= 4 is 50.2 Å². The Morgan fingerprint density at radius 2 is 1.79 bits per heavy atom. The molecule has 38 heavy (non-hydrogen) atoms. The summed E-state index contributed by atoms with van der Waals surface area (Å²) in [5.41, 5.74) is 8.71. The van der Waals surface area contributed by atoms with Crippen LogP contribution < -0.4 is 14.9 Å². The molecule has 0 bridgehead atoms. The van der Waals surface area contributed by atoms with E-state index in [1.165, 1.54) is 5.56 Å². The fraction of sp³-hybridized carbons (Fsp3) is 0.241. The van der Waals surface area contributed by atoms with E-state index in [-0.39, 0.29) is 5.41 Å². The number of rotatable bonds is 7. The number of hydrogen-bond acceptors (Lipinski definition) is 7. The molecular weight excluding hydrogens is 544 g/mol. The maximum Gasteiger partial charge on any atom is 0.265 e. The van der Waals surface area contributed by atoms with Crippen molar-refractivity contribution in [1.82, 2.24) is 19.7 Å². The topological polar surface area (TPSA) is 86.5 Å². The van der Waals surface area contributed by atoms with Gasteiger partial charge < -0.3 is 14.0 Å². The van der Waals surface area contributed by atoms with Crippen LogP contribution in [0.2, 0.25) is 0 Å². The maximum atomic E-state index is 6.03. The fourth-order valence-corrected chi connectivity index (χ4v) is 4.55. The lowest BCUT2D eigenvalue weighted by Gasteiger charge is -2.19. The average Bonchev–Trinajstić information content (AvgIpc) is 3.18. The number of aromatic nitrogens is 4. The van der Waals surface area contributed by atoms with Crippen LogP contribution in [0.1, 0.15) is 37.5 Å².